The van der Waals surface area contributed by atoms with Crippen molar-refractivity contribution in [3.63, 3.8) is 0 Å². The molecule has 4 rings (SSSR count). The number of hydrogen-bond donors (Lipinski definition) is 0. The molecule has 0 spiro atoms. The van der Waals surface area contributed by atoms with Crippen LogP contribution in [-0.4, -0.2) is 16.9 Å². The van der Waals surface area contributed by atoms with Crippen LogP contribution in [0.1, 0.15) is 58.8 Å². The molecule has 6 atom stereocenters. The quantitative estimate of drug-likeness (QED) is 0.623. The van der Waals surface area contributed by atoms with Gasteiger partial charge < -0.3 is 0 Å². The van der Waals surface area contributed by atoms with Gasteiger partial charge in [0.2, 0.25) is 0 Å². The maximum Gasteiger partial charge on any atom is 0.173 e. The van der Waals surface area contributed by atoms with Gasteiger partial charge in [0, 0.05) is 11.8 Å². The number of ketones is 2. The van der Waals surface area contributed by atoms with E-state index >= 15 is 0 Å². The van der Waals surface area contributed by atoms with Gasteiger partial charge in [-0.25, -0.2) is 0 Å². The van der Waals surface area contributed by atoms with Gasteiger partial charge in [0.1, 0.15) is 5.78 Å². The summed E-state index contributed by atoms with van der Waals surface area (Å²) < 4.78 is 0. The third-order valence-electron chi connectivity index (χ3n) is 7.67. The summed E-state index contributed by atoms with van der Waals surface area (Å²) in [4.78, 5) is 24.4. The van der Waals surface area contributed by atoms with Crippen molar-refractivity contribution in [3.05, 3.63) is 11.6 Å². The lowest BCUT2D eigenvalue weighted by atomic mass is 9.47. The van der Waals surface area contributed by atoms with Crippen molar-refractivity contribution < 1.29 is 9.59 Å². The zero-order valence-electron chi connectivity index (χ0n) is 13.5. The molecule has 2 nitrogen and oxygen atoms in total. The minimum atomic E-state index is -0.356. The fourth-order valence-electron chi connectivity index (χ4n) is 6.35. The van der Waals surface area contributed by atoms with Gasteiger partial charge in [-0.15, -0.1) is 11.6 Å². The lowest BCUT2D eigenvalue weighted by Crippen LogP contribution is -2.51. The van der Waals surface area contributed by atoms with Gasteiger partial charge in [-0.2, -0.15) is 0 Å². The maximum absolute atomic E-state index is 12.4. The molecular weight excluding hydrogens is 296 g/mol. The molecule has 0 aromatic rings. The van der Waals surface area contributed by atoms with E-state index in [0.717, 1.165) is 44.9 Å². The highest BCUT2D eigenvalue weighted by atomic mass is 35.5. The number of alkyl halides is 1. The summed E-state index contributed by atoms with van der Waals surface area (Å²) in [7, 11) is 0. The summed E-state index contributed by atoms with van der Waals surface area (Å²) in [6.45, 7) is 4.54. The first-order valence-electron chi connectivity index (χ1n) is 8.78. The molecule has 4 aliphatic carbocycles. The lowest BCUT2D eigenvalue weighted by Gasteiger charge is -2.57. The number of carbonyl (C=O) groups is 2. The Balaban J connectivity index is 1.71. The van der Waals surface area contributed by atoms with Gasteiger partial charge in [-0.05, 0) is 67.8 Å². The van der Waals surface area contributed by atoms with Crippen molar-refractivity contribution in [2.75, 3.05) is 0 Å². The summed E-state index contributed by atoms with van der Waals surface area (Å²) in [6.07, 6.45) is 8.82. The van der Waals surface area contributed by atoms with Crippen LogP contribution in [-0.2, 0) is 9.59 Å². The predicted molar refractivity (Wildman–Crippen MR) is 86.7 cm³/mol. The topological polar surface area (TPSA) is 34.1 Å². The van der Waals surface area contributed by atoms with E-state index in [9.17, 15) is 9.59 Å². The Hall–Kier alpha value is -0.630. The van der Waals surface area contributed by atoms with E-state index in [-0.39, 0.29) is 22.0 Å². The van der Waals surface area contributed by atoms with E-state index in [1.165, 1.54) is 5.57 Å². The molecular formula is C19H25ClO2. The Kier molecular flexibility index (Phi) is 3.18. The molecule has 0 amide bonds. The van der Waals surface area contributed by atoms with Crippen LogP contribution < -0.4 is 0 Å². The van der Waals surface area contributed by atoms with Crippen LogP contribution in [0.15, 0.2) is 11.6 Å². The van der Waals surface area contributed by atoms with Crippen LogP contribution in [0, 0.1) is 28.6 Å². The van der Waals surface area contributed by atoms with Crippen molar-refractivity contribution in [2.24, 2.45) is 28.6 Å². The van der Waals surface area contributed by atoms with Crippen LogP contribution in [0.4, 0.5) is 0 Å². The molecule has 0 N–H and O–H groups in total. The van der Waals surface area contributed by atoms with Crippen LogP contribution in [0.25, 0.3) is 0 Å². The number of carbonyl (C=O) groups excluding carboxylic acids is 2. The van der Waals surface area contributed by atoms with Gasteiger partial charge in [0.25, 0.3) is 0 Å². The number of Topliss-reactive ketones (excluding diaryl/α,β-unsaturated/α-hetero) is 1. The molecule has 0 radical (unpaired) electrons. The van der Waals surface area contributed by atoms with Crippen molar-refractivity contribution in [2.45, 2.75) is 64.2 Å². The van der Waals surface area contributed by atoms with Crippen molar-refractivity contribution in [3.8, 4) is 0 Å². The van der Waals surface area contributed by atoms with Gasteiger partial charge in [-0.3, -0.25) is 9.59 Å². The first kappa shape index (κ1) is 14.9. The van der Waals surface area contributed by atoms with Gasteiger partial charge in [0.15, 0.2) is 5.78 Å². The highest BCUT2D eigenvalue weighted by molar-refractivity contribution is 6.33. The largest absolute Gasteiger partial charge is 0.299 e. The van der Waals surface area contributed by atoms with Crippen molar-refractivity contribution >= 4 is 23.2 Å². The first-order valence-corrected chi connectivity index (χ1v) is 9.22. The van der Waals surface area contributed by atoms with Gasteiger partial charge in [-0.1, -0.05) is 19.4 Å². The standard InChI is InChI=1S/C19H25ClO2/c1-18-8-7-14-12(13(18)5-6-17(18)22)4-3-11-9-16(21)15(20)10-19(11,14)2/h9,12-15H,3-8,10H2,1-2H3/t12-,13-,14?,15?,18-,19-/m0/s1. The third kappa shape index (κ3) is 1.79. The fraction of sp³-hybridized carbons (Fsp3) is 0.789. The van der Waals surface area contributed by atoms with E-state index in [2.05, 4.69) is 13.8 Å². The summed E-state index contributed by atoms with van der Waals surface area (Å²) in [5.74, 6) is 2.40. The van der Waals surface area contributed by atoms with Crippen LogP contribution >= 0.6 is 11.6 Å². The minimum Gasteiger partial charge on any atom is -0.299 e. The summed E-state index contributed by atoms with van der Waals surface area (Å²) >= 11 is 6.32. The molecule has 0 aliphatic heterocycles. The molecule has 0 saturated heterocycles. The van der Waals surface area contributed by atoms with Crippen molar-refractivity contribution in [1.29, 1.82) is 0 Å². The highest BCUT2D eigenvalue weighted by Crippen LogP contribution is 2.64. The Morgan fingerprint density at radius 1 is 1.05 bits per heavy atom. The maximum atomic E-state index is 12.4. The predicted octanol–water partition coefficient (Wildman–Crippen LogP) is 4.30. The SMILES string of the molecule is C[C@]12CC(Cl)C(=O)C=C1CC[C@@H]1C2CC[C@]2(C)C(=O)CC[C@@H]12. The molecule has 3 fully saturated rings. The second-order valence-electron chi connectivity index (χ2n) is 8.49. The molecule has 3 saturated carbocycles. The number of fused-ring (bicyclic) bond motifs is 5. The van der Waals surface area contributed by atoms with E-state index in [4.69, 9.17) is 11.6 Å². The zero-order chi connectivity index (χ0) is 15.7. The summed E-state index contributed by atoms with van der Waals surface area (Å²) in [5.41, 5.74) is 1.35. The second kappa shape index (κ2) is 4.69. The van der Waals surface area contributed by atoms with E-state index in [1.807, 2.05) is 6.08 Å². The van der Waals surface area contributed by atoms with Crippen molar-refractivity contribution in [1.82, 2.24) is 0 Å². The molecule has 0 heterocycles. The zero-order valence-corrected chi connectivity index (χ0v) is 14.3. The number of hydrogen-bond acceptors (Lipinski definition) is 2. The lowest BCUT2D eigenvalue weighted by molar-refractivity contribution is -0.132. The summed E-state index contributed by atoms with van der Waals surface area (Å²) in [6, 6.07) is 0. The average molecular weight is 321 g/mol. The Morgan fingerprint density at radius 3 is 2.55 bits per heavy atom. The molecule has 22 heavy (non-hydrogen) atoms. The molecule has 120 valence electrons. The third-order valence-corrected chi connectivity index (χ3v) is 8.04. The number of allylic oxidation sites excluding steroid dienone is 1. The van der Waals surface area contributed by atoms with Crippen LogP contribution in [0.2, 0.25) is 0 Å². The molecule has 0 aromatic carbocycles. The highest BCUT2D eigenvalue weighted by Gasteiger charge is 2.59. The van der Waals surface area contributed by atoms with E-state index in [1.54, 1.807) is 0 Å². The second-order valence-corrected chi connectivity index (χ2v) is 9.02. The fourth-order valence-corrected chi connectivity index (χ4v) is 6.74. The van der Waals surface area contributed by atoms with Gasteiger partial charge >= 0.3 is 0 Å². The Morgan fingerprint density at radius 2 is 1.77 bits per heavy atom. The Bertz CT molecular complexity index is 580. The molecule has 0 aromatic heterocycles. The van der Waals surface area contributed by atoms with E-state index < -0.39 is 0 Å². The van der Waals surface area contributed by atoms with Crippen LogP contribution in [0.5, 0.6) is 0 Å². The van der Waals surface area contributed by atoms with Gasteiger partial charge in [0.05, 0.1) is 5.38 Å². The molecule has 0 bridgehead atoms. The first-order chi connectivity index (χ1) is 10.4. The molecule has 2 unspecified atom stereocenters. The summed E-state index contributed by atoms with van der Waals surface area (Å²) in [5, 5.41) is -0.356. The van der Waals surface area contributed by atoms with Crippen LogP contribution in [0.3, 0.4) is 0 Å². The number of rotatable bonds is 0. The average Bonchev–Trinajstić information content (AvgIpc) is 2.77. The smallest absolute Gasteiger partial charge is 0.173 e. The molecule has 4 aliphatic rings. The normalized spacial score (nSPS) is 51.0. The minimum absolute atomic E-state index is 0.0659. The van der Waals surface area contributed by atoms with E-state index in [0.29, 0.717) is 23.5 Å². The number of halogens is 1. The monoisotopic (exact) mass is 320 g/mol. The molecule has 3 heteroatoms. The Labute approximate surface area is 137 Å².